The van der Waals surface area contributed by atoms with Crippen LogP contribution in [0.5, 0.6) is 0 Å². The van der Waals surface area contributed by atoms with E-state index < -0.39 is 23.1 Å². The highest BCUT2D eigenvalue weighted by Gasteiger charge is 2.51. The minimum atomic E-state index is -4.48. The summed E-state index contributed by atoms with van der Waals surface area (Å²) in [5.41, 5.74) is 3.80. The molecule has 1 aromatic rings. The molecule has 0 unspecified atom stereocenters. The van der Waals surface area contributed by atoms with E-state index >= 15 is 0 Å². The highest BCUT2D eigenvalue weighted by molar-refractivity contribution is 5.83. The maximum atomic E-state index is 12.8. The van der Waals surface area contributed by atoms with E-state index in [-0.39, 0.29) is 30.0 Å². The van der Waals surface area contributed by atoms with Crippen molar-refractivity contribution in [3.63, 3.8) is 0 Å². The number of rotatable bonds is 2. The summed E-state index contributed by atoms with van der Waals surface area (Å²) in [5.74, 6) is -1.12. The maximum absolute atomic E-state index is 12.8. The van der Waals surface area contributed by atoms with Crippen LogP contribution in [0.2, 0.25) is 0 Å². The topological polar surface area (TPSA) is 63.3 Å². The third-order valence-corrected chi connectivity index (χ3v) is 3.73. The third kappa shape index (κ3) is 2.20. The molecule has 0 bridgehead atoms. The lowest BCUT2D eigenvalue weighted by atomic mass is 9.61. The monoisotopic (exact) mass is 273 g/mol. The summed E-state index contributed by atoms with van der Waals surface area (Å²) in [6.45, 7) is 1.35. The summed E-state index contributed by atoms with van der Waals surface area (Å²) >= 11 is 0. The number of carboxylic acid groups (broad SMARTS) is 1. The van der Waals surface area contributed by atoms with Crippen molar-refractivity contribution in [2.75, 3.05) is 0 Å². The molecule has 1 aromatic carbocycles. The molecule has 6 heteroatoms. The maximum Gasteiger partial charge on any atom is 0.416 e. The first-order chi connectivity index (χ1) is 8.67. The molecular formula is C13H14F3NO2. The number of nitrogens with two attached hydrogens (primary N) is 1. The average molecular weight is 273 g/mol. The fourth-order valence-electron chi connectivity index (χ4n) is 2.59. The molecule has 1 saturated carbocycles. The van der Waals surface area contributed by atoms with E-state index in [0.717, 1.165) is 6.07 Å². The van der Waals surface area contributed by atoms with Gasteiger partial charge in [0.2, 0.25) is 0 Å². The lowest BCUT2D eigenvalue weighted by molar-refractivity contribution is -0.148. The number of aryl methyl sites for hydroxylation is 1. The number of carbonyl (C=O) groups is 1. The van der Waals surface area contributed by atoms with Crippen LogP contribution in [-0.4, -0.2) is 17.1 Å². The van der Waals surface area contributed by atoms with E-state index in [0.29, 0.717) is 0 Å². The Bertz CT molecular complexity index is 519. The molecule has 1 fully saturated rings. The van der Waals surface area contributed by atoms with Crippen LogP contribution in [0, 0.1) is 6.92 Å². The highest BCUT2D eigenvalue weighted by atomic mass is 19.4. The van der Waals surface area contributed by atoms with Crippen LogP contribution >= 0.6 is 0 Å². The first-order valence-electron chi connectivity index (χ1n) is 5.84. The van der Waals surface area contributed by atoms with Crippen molar-refractivity contribution < 1.29 is 23.1 Å². The quantitative estimate of drug-likeness (QED) is 0.870. The van der Waals surface area contributed by atoms with E-state index in [1.807, 2.05) is 0 Å². The van der Waals surface area contributed by atoms with Crippen molar-refractivity contribution in [3.8, 4) is 0 Å². The largest absolute Gasteiger partial charge is 0.481 e. The predicted molar refractivity (Wildman–Crippen MR) is 62.7 cm³/mol. The predicted octanol–water partition coefficient (Wildman–Crippen LogP) is 2.46. The molecule has 0 aromatic heterocycles. The van der Waals surface area contributed by atoms with Crippen molar-refractivity contribution in [3.05, 3.63) is 34.9 Å². The van der Waals surface area contributed by atoms with Gasteiger partial charge in [-0.05, 0) is 37.0 Å². The van der Waals surface area contributed by atoms with E-state index in [4.69, 9.17) is 5.73 Å². The van der Waals surface area contributed by atoms with E-state index in [9.17, 15) is 23.1 Å². The van der Waals surface area contributed by atoms with Gasteiger partial charge in [-0.3, -0.25) is 4.79 Å². The second kappa shape index (κ2) is 4.23. The van der Waals surface area contributed by atoms with Crippen molar-refractivity contribution in [2.24, 2.45) is 5.73 Å². The van der Waals surface area contributed by atoms with Gasteiger partial charge in [0.25, 0.3) is 0 Å². The molecule has 0 atom stereocenters. The molecule has 0 radical (unpaired) electrons. The number of halogens is 3. The Kier molecular flexibility index (Phi) is 3.09. The van der Waals surface area contributed by atoms with Crippen LogP contribution in [0.15, 0.2) is 18.2 Å². The lowest BCUT2D eigenvalue weighted by Gasteiger charge is -2.43. The van der Waals surface area contributed by atoms with Gasteiger partial charge in [0, 0.05) is 6.04 Å². The Morgan fingerprint density at radius 3 is 2.42 bits per heavy atom. The summed E-state index contributed by atoms with van der Waals surface area (Å²) in [5, 5.41) is 9.28. The van der Waals surface area contributed by atoms with Gasteiger partial charge < -0.3 is 10.8 Å². The van der Waals surface area contributed by atoms with Gasteiger partial charge in [-0.2, -0.15) is 13.2 Å². The number of hydrogen-bond acceptors (Lipinski definition) is 2. The number of aliphatic carboxylic acids is 1. The summed E-state index contributed by atoms with van der Waals surface area (Å²) in [7, 11) is 0. The molecule has 104 valence electrons. The van der Waals surface area contributed by atoms with Crippen LogP contribution < -0.4 is 5.73 Å². The fourth-order valence-corrected chi connectivity index (χ4v) is 2.59. The van der Waals surface area contributed by atoms with Gasteiger partial charge in [-0.15, -0.1) is 0 Å². The summed E-state index contributed by atoms with van der Waals surface area (Å²) in [6, 6.07) is 3.43. The highest BCUT2D eigenvalue weighted by Crippen LogP contribution is 2.45. The molecule has 3 nitrogen and oxygen atoms in total. The first-order valence-corrected chi connectivity index (χ1v) is 5.84. The van der Waals surface area contributed by atoms with E-state index in [2.05, 4.69) is 0 Å². The smallest absolute Gasteiger partial charge is 0.416 e. The molecule has 0 heterocycles. The van der Waals surface area contributed by atoms with Gasteiger partial charge in [0.1, 0.15) is 0 Å². The van der Waals surface area contributed by atoms with Gasteiger partial charge >= 0.3 is 12.1 Å². The van der Waals surface area contributed by atoms with Crippen LogP contribution in [0.1, 0.15) is 29.5 Å². The van der Waals surface area contributed by atoms with Crippen LogP contribution in [0.4, 0.5) is 13.2 Å². The zero-order valence-corrected chi connectivity index (χ0v) is 10.3. The Labute approximate surface area is 108 Å². The third-order valence-electron chi connectivity index (χ3n) is 3.73. The number of hydrogen-bond donors (Lipinski definition) is 2. The van der Waals surface area contributed by atoms with Crippen molar-refractivity contribution in [1.29, 1.82) is 0 Å². The summed E-state index contributed by atoms with van der Waals surface area (Å²) in [6.07, 6.45) is -4.14. The first kappa shape index (κ1) is 13.9. The lowest BCUT2D eigenvalue weighted by Crippen LogP contribution is -2.54. The normalized spacial score (nSPS) is 26.9. The Morgan fingerprint density at radius 2 is 2.00 bits per heavy atom. The van der Waals surface area contributed by atoms with Crippen LogP contribution in [0.3, 0.4) is 0 Å². The molecule has 0 aliphatic heterocycles. The molecule has 3 N–H and O–H groups in total. The molecule has 0 amide bonds. The Morgan fingerprint density at radius 1 is 1.42 bits per heavy atom. The van der Waals surface area contributed by atoms with E-state index in [1.165, 1.54) is 19.1 Å². The fraction of sp³-hybridized carbons (Fsp3) is 0.462. The van der Waals surface area contributed by atoms with Gasteiger partial charge in [-0.1, -0.05) is 12.1 Å². The molecule has 0 spiro atoms. The van der Waals surface area contributed by atoms with Gasteiger partial charge in [0.15, 0.2) is 0 Å². The molecule has 0 saturated heterocycles. The summed E-state index contributed by atoms with van der Waals surface area (Å²) < 4.78 is 38.5. The average Bonchev–Trinajstić information content (AvgIpc) is 2.23. The standard InChI is InChI=1S/C13H14F3NO2/c1-7-2-3-8(4-10(7)13(14,15)16)12(11(18)19)5-9(17)6-12/h2-4,9H,5-6,17H2,1H3,(H,18,19). The van der Waals surface area contributed by atoms with Crippen LogP contribution in [-0.2, 0) is 16.4 Å². The minimum absolute atomic E-state index is 0.0837. The second-order valence-electron chi connectivity index (χ2n) is 5.08. The van der Waals surface area contributed by atoms with Gasteiger partial charge in [0.05, 0.1) is 11.0 Å². The number of benzene rings is 1. The molecule has 19 heavy (non-hydrogen) atoms. The molecule has 1 aliphatic rings. The van der Waals surface area contributed by atoms with Crippen molar-refractivity contribution in [1.82, 2.24) is 0 Å². The number of alkyl halides is 3. The van der Waals surface area contributed by atoms with Crippen molar-refractivity contribution >= 4 is 5.97 Å². The zero-order chi connectivity index (χ0) is 14.4. The number of carboxylic acids is 1. The van der Waals surface area contributed by atoms with Crippen molar-refractivity contribution in [2.45, 2.75) is 37.4 Å². The van der Waals surface area contributed by atoms with Gasteiger partial charge in [-0.25, -0.2) is 0 Å². The summed E-state index contributed by atoms with van der Waals surface area (Å²) in [4.78, 5) is 11.4. The zero-order valence-electron chi connectivity index (χ0n) is 10.3. The minimum Gasteiger partial charge on any atom is -0.481 e. The molecule has 2 rings (SSSR count). The second-order valence-corrected chi connectivity index (χ2v) is 5.08. The van der Waals surface area contributed by atoms with E-state index in [1.54, 1.807) is 0 Å². The molecule has 1 aliphatic carbocycles. The Balaban J connectivity index is 2.49. The Hall–Kier alpha value is -1.56. The van der Waals surface area contributed by atoms with Crippen LogP contribution in [0.25, 0.3) is 0 Å². The molecular weight excluding hydrogens is 259 g/mol. The SMILES string of the molecule is Cc1ccc(C2(C(=O)O)CC(N)C2)cc1C(F)(F)F.